The molecule has 0 N–H and O–H groups in total. The number of halogens is 1. The van der Waals surface area contributed by atoms with Crippen molar-refractivity contribution in [3.8, 4) is 0 Å². The van der Waals surface area contributed by atoms with E-state index >= 15 is 0 Å². The van der Waals surface area contributed by atoms with Crippen LogP contribution in [0.4, 0.5) is 0 Å². The van der Waals surface area contributed by atoms with Crippen molar-refractivity contribution in [1.29, 1.82) is 0 Å². The summed E-state index contributed by atoms with van der Waals surface area (Å²) in [4.78, 5) is 0. The van der Waals surface area contributed by atoms with Gasteiger partial charge in [-0.2, -0.15) is 5.10 Å². The summed E-state index contributed by atoms with van der Waals surface area (Å²) >= 11 is 5.86. The summed E-state index contributed by atoms with van der Waals surface area (Å²) in [6, 6.07) is 5.81. The Morgan fingerprint density at radius 1 is 1.42 bits per heavy atom. The molecule has 0 bridgehead atoms. The molecule has 1 heterocycles. The Bertz CT molecular complexity index is 431. The average molecular weight is 181 g/mol. The van der Waals surface area contributed by atoms with Gasteiger partial charge < -0.3 is 0 Å². The maximum atomic E-state index is 5.86. The Kier molecular flexibility index (Phi) is 1.58. The monoisotopic (exact) mass is 180 g/mol. The summed E-state index contributed by atoms with van der Waals surface area (Å²) in [5.74, 6) is 0. The molecule has 3 heteroatoms. The molecule has 2 rings (SSSR count). The van der Waals surface area contributed by atoms with Gasteiger partial charge in [0.1, 0.15) is 0 Å². The van der Waals surface area contributed by atoms with Crippen LogP contribution in [0.15, 0.2) is 18.2 Å². The standard InChI is InChI=1S/C9H9ClN2/c1-6-8-4-3-7(10)5-9(8)12(2)11-6/h3-5H,1-2H3. The van der Waals surface area contributed by atoms with Crippen LogP contribution < -0.4 is 0 Å². The fraction of sp³-hybridized carbons (Fsp3) is 0.222. The molecule has 1 aromatic heterocycles. The number of nitrogens with zero attached hydrogens (tertiary/aromatic N) is 2. The third-order valence-electron chi connectivity index (χ3n) is 2.00. The van der Waals surface area contributed by atoms with E-state index in [1.807, 2.05) is 36.9 Å². The van der Waals surface area contributed by atoms with Gasteiger partial charge in [-0.25, -0.2) is 0 Å². The summed E-state index contributed by atoms with van der Waals surface area (Å²) in [5, 5.41) is 6.21. The predicted molar refractivity (Wildman–Crippen MR) is 50.5 cm³/mol. The third kappa shape index (κ3) is 0.994. The first-order chi connectivity index (χ1) is 5.68. The molecule has 0 amide bonds. The fourth-order valence-corrected chi connectivity index (χ4v) is 1.58. The molecule has 2 nitrogen and oxygen atoms in total. The van der Waals surface area contributed by atoms with Crippen molar-refractivity contribution >= 4 is 22.5 Å². The van der Waals surface area contributed by atoms with Gasteiger partial charge in [-0.05, 0) is 25.1 Å². The van der Waals surface area contributed by atoms with Crippen molar-refractivity contribution in [2.75, 3.05) is 0 Å². The Morgan fingerprint density at radius 2 is 2.17 bits per heavy atom. The highest BCUT2D eigenvalue weighted by atomic mass is 35.5. The minimum absolute atomic E-state index is 0.755. The molecule has 12 heavy (non-hydrogen) atoms. The van der Waals surface area contributed by atoms with Crippen LogP contribution in [0.3, 0.4) is 0 Å². The molecule has 1 aromatic carbocycles. The van der Waals surface area contributed by atoms with Crippen LogP contribution in [0.2, 0.25) is 5.02 Å². The molecule has 0 saturated heterocycles. The summed E-state index contributed by atoms with van der Waals surface area (Å²) in [6.45, 7) is 2.00. The Labute approximate surface area is 75.8 Å². The minimum Gasteiger partial charge on any atom is -0.268 e. The lowest BCUT2D eigenvalue weighted by molar-refractivity contribution is 0.783. The van der Waals surface area contributed by atoms with E-state index in [2.05, 4.69) is 5.10 Å². The van der Waals surface area contributed by atoms with Gasteiger partial charge in [0.2, 0.25) is 0 Å². The smallest absolute Gasteiger partial charge is 0.0696 e. The van der Waals surface area contributed by atoms with Gasteiger partial charge in [0.15, 0.2) is 0 Å². The second kappa shape index (κ2) is 2.49. The lowest BCUT2D eigenvalue weighted by Crippen LogP contribution is -1.88. The number of rotatable bonds is 0. The molecular weight excluding hydrogens is 172 g/mol. The highest BCUT2D eigenvalue weighted by Gasteiger charge is 2.03. The van der Waals surface area contributed by atoms with E-state index in [1.165, 1.54) is 5.39 Å². The number of benzene rings is 1. The summed E-state index contributed by atoms with van der Waals surface area (Å²) < 4.78 is 1.84. The summed E-state index contributed by atoms with van der Waals surface area (Å²) in [5.41, 5.74) is 2.13. The van der Waals surface area contributed by atoms with Gasteiger partial charge in [0.05, 0.1) is 11.2 Å². The minimum atomic E-state index is 0.755. The van der Waals surface area contributed by atoms with Crippen LogP contribution in [-0.2, 0) is 7.05 Å². The van der Waals surface area contributed by atoms with Crippen molar-refractivity contribution in [3.63, 3.8) is 0 Å². The van der Waals surface area contributed by atoms with Crippen LogP contribution in [0.5, 0.6) is 0 Å². The Balaban J connectivity index is 2.90. The second-order valence-electron chi connectivity index (χ2n) is 2.87. The zero-order chi connectivity index (χ0) is 8.72. The van der Waals surface area contributed by atoms with E-state index < -0.39 is 0 Å². The zero-order valence-electron chi connectivity index (χ0n) is 7.00. The van der Waals surface area contributed by atoms with Gasteiger partial charge in [0, 0.05) is 17.5 Å². The molecule has 0 aliphatic heterocycles. The summed E-state index contributed by atoms with van der Waals surface area (Å²) in [7, 11) is 1.92. The Morgan fingerprint density at radius 3 is 2.92 bits per heavy atom. The molecule has 0 saturated carbocycles. The van der Waals surface area contributed by atoms with Crippen LogP contribution in [0, 0.1) is 6.92 Å². The molecule has 0 atom stereocenters. The molecular formula is C9H9ClN2. The largest absolute Gasteiger partial charge is 0.268 e. The normalized spacial score (nSPS) is 10.9. The fourth-order valence-electron chi connectivity index (χ4n) is 1.41. The second-order valence-corrected chi connectivity index (χ2v) is 3.31. The van der Waals surface area contributed by atoms with Crippen molar-refractivity contribution in [2.45, 2.75) is 6.92 Å². The van der Waals surface area contributed by atoms with Gasteiger partial charge in [0.25, 0.3) is 0 Å². The van der Waals surface area contributed by atoms with E-state index in [4.69, 9.17) is 11.6 Å². The number of aryl methyl sites for hydroxylation is 2. The molecule has 0 fully saturated rings. The number of aromatic nitrogens is 2. The average Bonchev–Trinajstić information content (AvgIpc) is 2.28. The zero-order valence-corrected chi connectivity index (χ0v) is 7.76. The third-order valence-corrected chi connectivity index (χ3v) is 2.23. The lowest BCUT2D eigenvalue weighted by atomic mass is 10.2. The number of hydrogen-bond acceptors (Lipinski definition) is 1. The van der Waals surface area contributed by atoms with E-state index in [0.29, 0.717) is 0 Å². The van der Waals surface area contributed by atoms with Crippen LogP contribution in [0.25, 0.3) is 10.9 Å². The highest BCUT2D eigenvalue weighted by Crippen LogP contribution is 2.20. The summed E-state index contributed by atoms with van der Waals surface area (Å²) in [6.07, 6.45) is 0. The van der Waals surface area contributed by atoms with E-state index in [0.717, 1.165) is 16.2 Å². The highest BCUT2D eigenvalue weighted by molar-refractivity contribution is 6.31. The molecule has 0 unspecified atom stereocenters. The molecule has 0 spiro atoms. The van der Waals surface area contributed by atoms with Crippen LogP contribution in [0.1, 0.15) is 5.69 Å². The quantitative estimate of drug-likeness (QED) is 0.609. The SMILES string of the molecule is Cc1nn(C)c2cc(Cl)ccc12. The molecule has 0 aliphatic carbocycles. The number of fused-ring (bicyclic) bond motifs is 1. The van der Waals surface area contributed by atoms with Crippen molar-refractivity contribution < 1.29 is 0 Å². The first-order valence-corrected chi connectivity index (χ1v) is 4.15. The van der Waals surface area contributed by atoms with Crippen LogP contribution in [-0.4, -0.2) is 9.78 Å². The maximum absolute atomic E-state index is 5.86. The molecule has 62 valence electrons. The molecule has 2 aromatic rings. The maximum Gasteiger partial charge on any atom is 0.0696 e. The van der Waals surface area contributed by atoms with E-state index in [9.17, 15) is 0 Å². The van der Waals surface area contributed by atoms with Gasteiger partial charge in [-0.3, -0.25) is 4.68 Å². The lowest BCUT2D eigenvalue weighted by Gasteiger charge is -1.93. The number of hydrogen-bond donors (Lipinski definition) is 0. The van der Waals surface area contributed by atoms with Crippen molar-refractivity contribution in [3.05, 3.63) is 28.9 Å². The first-order valence-electron chi connectivity index (χ1n) is 3.77. The molecule has 0 radical (unpaired) electrons. The van der Waals surface area contributed by atoms with Gasteiger partial charge >= 0.3 is 0 Å². The van der Waals surface area contributed by atoms with Crippen LogP contribution >= 0.6 is 11.6 Å². The first kappa shape index (κ1) is 7.62. The topological polar surface area (TPSA) is 17.8 Å². The van der Waals surface area contributed by atoms with Gasteiger partial charge in [-0.15, -0.1) is 0 Å². The van der Waals surface area contributed by atoms with Gasteiger partial charge in [-0.1, -0.05) is 11.6 Å². The predicted octanol–water partition coefficient (Wildman–Crippen LogP) is 2.54. The van der Waals surface area contributed by atoms with Crippen molar-refractivity contribution in [2.24, 2.45) is 7.05 Å². The molecule has 0 aliphatic rings. The van der Waals surface area contributed by atoms with E-state index in [-0.39, 0.29) is 0 Å². The van der Waals surface area contributed by atoms with E-state index in [1.54, 1.807) is 0 Å². The van der Waals surface area contributed by atoms with Crippen molar-refractivity contribution in [1.82, 2.24) is 9.78 Å². The Hall–Kier alpha value is -1.02.